The third-order valence-corrected chi connectivity index (χ3v) is 26.1. The van der Waals surface area contributed by atoms with E-state index in [-0.39, 0.29) is 33.9 Å². The van der Waals surface area contributed by atoms with Gasteiger partial charge in [0, 0.05) is 26.8 Å². The lowest BCUT2D eigenvalue weighted by molar-refractivity contribution is 0.103. The first-order chi connectivity index (χ1) is 52.5. The molecule has 0 N–H and O–H groups in total. The SMILES string of the molecule is CCCCCCCCc1ccc(-n2c(-c3ccc(C(=O)c4ccc(-c5ccc(-c6ccc(C(C#N)=C(C#N)C#N)s6)n5-c5ccc(CCCCCCCC)cc5)s4)s3)ccc2-c2ccc(C(=O)c3ccc(-c4ccc(-c5ccc(C(C#N)=C(C#N)C#N)s5)n4-c4ccc(CCCCCCCC)cc4)s3)s2)cc1. The van der Waals surface area contributed by atoms with Gasteiger partial charge in [0.1, 0.15) is 47.6 Å². The van der Waals surface area contributed by atoms with E-state index in [2.05, 4.69) is 144 Å². The van der Waals surface area contributed by atoms with Crippen LogP contribution in [0.2, 0.25) is 0 Å². The Balaban J connectivity index is 0.835. The summed E-state index contributed by atoms with van der Waals surface area (Å²) in [5.41, 5.74) is 11.7. The summed E-state index contributed by atoms with van der Waals surface area (Å²) in [4.78, 5) is 38.6. The monoisotopic (exact) mass is 1510 g/mol. The molecule has 0 amide bonds. The van der Waals surface area contributed by atoms with Gasteiger partial charge in [-0.3, -0.25) is 9.59 Å². The maximum atomic E-state index is 14.9. The number of aromatic nitrogens is 3. The molecule has 12 rings (SSSR count). The fourth-order valence-corrected chi connectivity index (χ4v) is 19.7. The normalized spacial score (nSPS) is 11.0. The Morgan fingerprint density at radius 1 is 0.262 bits per heavy atom. The highest BCUT2D eigenvalue weighted by atomic mass is 32.1. The number of allylic oxidation sites excluding steroid dienone is 4. The summed E-state index contributed by atoms with van der Waals surface area (Å²) < 4.78 is 6.63. The van der Waals surface area contributed by atoms with Crippen LogP contribution in [0.25, 0.3) is 91.6 Å². The molecule has 17 heteroatoms. The van der Waals surface area contributed by atoms with Crippen molar-refractivity contribution < 1.29 is 9.59 Å². The summed E-state index contributed by atoms with van der Waals surface area (Å²) in [7, 11) is 0. The largest absolute Gasteiger partial charge is 0.308 e. The van der Waals surface area contributed by atoms with Gasteiger partial charge in [-0.2, -0.15) is 31.6 Å². The zero-order valence-electron chi connectivity index (χ0n) is 60.5. The maximum absolute atomic E-state index is 14.9. The topological polar surface area (TPSA) is 192 Å². The number of rotatable bonds is 36. The van der Waals surface area contributed by atoms with Crippen molar-refractivity contribution in [1.82, 2.24) is 13.7 Å². The van der Waals surface area contributed by atoms with Crippen LogP contribution in [0.5, 0.6) is 0 Å². The second-order valence-electron chi connectivity index (χ2n) is 26.7. The van der Waals surface area contributed by atoms with Crippen LogP contribution < -0.4 is 0 Å². The van der Waals surface area contributed by atoms with Gasteiger partial charge in [-0.05, 0) is 201 Å². The number of nitrogens with zero attached hydrogens (tertiary/aromatic N) is 9. The number of aryl methyl sites for hydroxylation is 3. The molecule has 0 saturated carbocycles. The minimum Gasteiger partial charge on any atom is -0.308 e. The Labute approximate surface area is 652 Å². The average molecular weight is 1510 g/mol. The number of ketones is 2. The van der Waals surface area contributed by atoms with Gasteiger partial charge in [0.2, 0.25) is 11.6 Å². The molecule has 11 nitrogen and oxygen atoms in total. The summed E-state index contributed by atoms with van der Waals surface area (Å²) in [6, 6.07) is 73.5. The molecule has 9 heterocycles. The summed E-state index contributed by atoms with van der Waals surface area (Å²) in [6.45, 7) is 6.72. The quantitative estimate of drug-likeness (QED) is 0.0210. The van der Waals surface area contributed by atoms with Crippen LogP contribution in [0.3, 0.4) is 0 Å². The third-order valence-electron chi connectivity index (χ3n) is 19.4. The van der Waals surface area contributed by atoms with Crippen molar-refractivity contribution in [3.05, 3.63) is 239 Å². The van der Waals surface area contributed by atoms with Crippen LogP contribution in [0.1, 0.15) is 192 Å². The Morgan fingerprint density at radius 3 is 0.701 bits per heavy atom. The van der Waals surface area contributed by atoms with Gasteiger partial charge in [0.25, 0.3) is 0 Å². The second kappa shape index (κ2) is 37.1. The van der Waals surface area contributed by atoms with Crippen molar-refractivity contribution in [2.45, 2.75) is 156 Å². The van der Waals surface area contributed by atoms with Crippen LogP contribution in [0.15, 0.2) is 193 Å². The predicted octanol–water partition coefficient (Wildman–Crippen LogP) is 26.2. The van der Waals surface area contributed by atoms with Gasteiger partial charge >= 0.3 is 0 Å². The highest BCUT2D eigenvalue weighted by molar-refractivity contribution is 7.21. The van der Waals surface area contributed by atoms with Crippen molar-refractivity contribution in [2.24, 2.45) is 0 Å². The lowest BCUT2D eigenvalue weighted by atomic mass is 10.0. The first-order valence-electron chi connectivity index (χ1n) is 37.1. The molecule has 107 heavy (non-hydrogen) atoms. The number of benzene rings is 3. The molecule has 0 aliphatic heterocycles. The van der Waals surface area contributed by atoms with Gasteiger partial charge < -0.3 is 13.7 Å². The lowest BCUT2D eigenvalue weighted by Crippen LogP contribution is -1.99. The van der Waals surface area contributed by atoms with Crippen molar-refractivity contribution in [1.29, 1.82) is 31.6 Å². The van der Waals surface area contributed by atoms with Crippen LogP contribution in [0.4, 0.5) is 0 Å². The standard InChI is InChI=1S/C90H81N9O2S6/c1-4-7-10-13-16-19-22-61-25-31-66(32-26-61)97-71(79-45-43-77(102-79)69(59-95)64(55-91)56-92)37-39-73(97)81-47-51-85(104-81)89(100)87-53-49-83(106-87)75-41-42-76(99(75)68-35-29-63(30-36-68)24-21-18-15-12-9-6-3)84-50-54-88(107-84)90(101)86-52-48-82(105-86)74-40-38-72(80-46-44-78(103-80)70(60-96)65(57-93)58-94)98(74)67-33-27-62(28-34-67)23-20-17-14-11-8-5-2/h25-54H,4-24H2,1-3H3. The molecular weight excluding hydrogens is 1430 g/mol. The predicted molar refractivity (Wildman–Crippen MR) is 443 cm³/mol. The van der Waals surface area contributed by atoms with E-state index in [1.54, 1.807) is 12.1 Å². The zero-order chi connectivity index (χ0) is 74.6. The van der Waals surface area contributed by atoms with E-state index in [1.165, 1.54) is 181 Å². The Bertz CT molecular complexity index is 5110. The molecule has 0 bridgehead atoms. The highest BCUT2D eigenvalue weighted by Gasteiger charge is 2.26. The van der Waals surface area contributed by atoms with Crippen molar-refractivity contribution in [3.63, 3.8) is 0 Å². The minimum absolute atomic E-state index is 0.0459. The molecule has 12 aromatic rings. The van der Waals surface area contributed by atoms with Gasteiger partial charge in [-0.25, -0.2) is 0 Å². The summed E-state index contributed by atoms with van der Waals surface area (Å²) >= 11 is 8.50. The summed E-state index contributed by atoms with van der Waals surface area (Å²) in [6.07, 6.45) is 25.0. The van der Waals surface area contributed by atoms with E-state index >= 15 is 0 Å². The van der Waals surface area contributed by atoms with Crippen LogP contribution in [-0.2, 0) is 19.3 Å². The molecule has 0 aliphatic rings. The molecule has 0 spiro atoms. The Hall–Kier alpha value is -10.5. The first-order valence-corrected chi connectivity index (χ1v) is 42.0. The molecular formula is C90H81N9O2S6. The van der Waals surface area contributed by atoms with E-state index < -0.39 is 0 Å². The smallest absolute Gasteiger partial charge is 0.212 e. The number of unbranched alkanes of at least 4 members (excludes halogenated alkanes) is 15. The summed E-state index contributed by atoms with van der Waals surface area (Å²) in [5, 5.41) is 59.0. The molecule has 3 aromatic carbocycles. The minimum atomic E-state index is -0.228. The van der Waals surface area contributed by atoms with Crippen LogP contribution >= 0.6 is 68.0 Å². The van der Waals surface area contributed by atoms with Gasteiger partial charge in [-0.1, -0.05) is 153 Å². The zero-order valence-corrected chi connectivity index (χ0v) is 65.4. The number of hydrogen-bond acceptors (Lipinski definition) is 14. The van der Waals surface area contributed by atoms with E-state index in [4.69, 9.17) is 0 Å². The maximum Gasteiger partial charge on any atom is 0.212 e. The van der Waals surface area contributed by atoms with Crippen LogP contribution in [-0.4, -0.2) is 25.3 Å². The highest BCUT2D eigenvalue weighted by Crippen LogP contribution is 2.45. The molecule has 0 atom stereocenters. The van der Waals surface area contributed by atoms with Gasteiger partial charge in [0.15, 0.2) is 0 Å². The van der Waals surface area contributed by atoms with Crippen LogP contribution in [0, 0.1) is 68.0 Å². The molecule has 0 unspecified atom stereocenters. The van der Waals surface area contributed by atoms with Crippen molar-refractivity contribution in [2.75, 3.05) is 0 Å². The third kappa shape index (κ3) is 17.8. The number of thiophene rings is 6. The van der Waals surface area contributed by atoms with E-state index in [0.717, 1.165) is 119 Å². The average Bonchev–Trinajstić information content (AvgIpc) is 1.63. The van der Waals surface area contributed by atoms with E-state index in [9.17, 15) is 41.2 Å². The molecule has 534 valence electrons. The molecule has 0 aliphatic carbocycles. The first kappa shape index (κ1) is 76.1. The number of nitriles is 6. The van der Waals surface area contributed by atoms with E-state index in [1.807, 2.05) is 97.1 Å². The van der Waals surface area contributed by atoms with Gasteiger partial charge in [-0.15, -0.1) is 68.0 Å². The fourth-order valence-electron chi connectivity index (χ4n) is 13.7. The number of carbonyl (C=O) groups excluding carboxylic acids is 2. The summed E-state index contributed by atoms with van der Waals surface area (Å²) in [5.74, 6) is -0.159. The number of hydrogen-bond donors (Lipinski definition) is 0. The fraction of sp³-hybridized carbons (Fsp3) is 0.267. The molecule has 9 aromatic heterocycles. The van der Waals surface area contributed by atoms with E-state index in [0.29, 0.717) is 29.3 Å². The Kier molecular flexibility index (Phi) is 26.4. The second-order valence-corrected chi connectivity index (χ2v) is 33.2. The van der Waals surface area contributed by atoms with Crippen molar-refractivity contribution in [3.8, 4) is 117 Å². The lowest BCUT2D eigenvalue weighted by Gasteiger charge is -2.13. The molecule has 0 fully saturated rings. The molecule has 0 radical (unpaired) electrons. The molecule has 0 saturated heterocycles. The van der Waals surface area contributed by atoms with Crippen molar-refractivity contribution >= 4 is 90.7 Å². The Morgan fingerprint density at radius 2 is 0.477 bits per heavy atom. The van der Waals surface area contributed by atoms with Gasteiger partial charge in [0.05, 0.1) is 94.1 Å². The number of carbonyl (C=O) groups is 2.